The third-order valence-corrected chi connectivity index (χ3v) is 3.86. The Morgan fingerprint density at radius 3 is 2.86 bits per heavy atom. The second-order valence-electron chi connectivity index (χ2n) is 6.36. The lowest BCUT2D eigenvalue weighted by Crippen LogP contribution is -2.34. The number of nitrogens with two attached hydrogens (primary N) is 1. The Morgan fingerprint density at radius 2 is 2.19 bits per heavy atom. The number of hydrogen-bond acceptors (Lipinski definition) is 5. The van der Waals surface area contributed by atoms with Gasteiger partial charge in [0.1, 0.15) is 0 Å². The van der Waals surface area contributed by atoms with Gasteiger partial charge < -0.3 is 16.2 Å². The molecule has 1 aromatic carbocycles. The van der Waals surface area contributed by atoms with Crippen molar-refractivity contribution in [2.75, 3.05) is 12.3 Å². The molecule has 1 unspecified atom stereocenters. The largest absolute Gasteiger partial charge is 0.391 e. The minimum atomic E-state index is -0.545. The number of nitrogens with zero attached hydrogens (tertiary/aromatic N) is 1. The van der Waals surface area contributed by atoms with Crippen molar-refractivity contribution in [3.8, 4) is 0 Å². The van der Waals surface area contributed by atoms with Gasteiger partial charge in [0.2, 0.25) is 0 Å². The van der Waals surface area contributed by atoms with Gasteiger partial charge in [0.25, 0.3) is 5.91 Å². The van der Waals surface area contributed by atoms with Crippen molar-refractivity contribution in [1.29, 1.82) is 0 Å². The van der Waals surface area contributed by atoms with Gasteiger partial charge in [0.15, 0.2) is 5.13 Å². The fraction of sp³-hybridized carbons (Fsp3) is 0.467. The molecule has 0 aliphatic carbocycles. The van der Waals surface area contributed by atoms with Gasteiger partial charge >= 0.3 is 0 Å². The number of fused-ring (bicyclic) bond motifs is 1. The molecule has 6 heteroatoms. The average Bonchev–Trinajstić information content (AvgIpc) is 2.72. The van der Waals surface area contributed by atoms with E-state index in [0.717, 1.165) is 10.2 Å². The molecule has 114 valence electrons. The molecule has 5 nitrogen and oxygen atoms in total. The summed E-state index contributed by atoms with van der Waals surface area (Å²) in [7, 11) is 0. The number of aliphatic hydroxyl groups excluding tert-OH is 1. The topological polar surface area (TPSA) is 88.2 Å². The van der Waals surface area contributed by atoms with Crippen LogP contribution in [0.3, 0.4) is 0 Å². The number of carbonyl (C=O) groups excluding carboxylic acids is 1. The maximum atomic E-state index is 12.1. The van der Waals surface area contributed by atoms with Gasteiger partial charge in [-0.15, -0.1) is 0 Å². The minimum absolute atomic E-state index is 0.0310. The quantitative estimate of drug-likeness (QED) is 0.809. The number of hydrogen-bond donors (Lipinski definition) is 3. The number of amides is 1. The number of aromatic nitrogens is 1. The summed E-state index contributed by atoms with van der Waals surface area (Å²) >= 11 is 1.35. The molecule has 0 fully saturated rings. The summed E-state index contributed by atoms with van der Waals surface area (Å²) in [4.78, 5) is 16.2. The summed E-state index contributed by atoms with van der Waals surface area (Å²) in [6, 6.07) is 5.27. The first-order valence-electron chi connectivity index (χ1n) is 6.87. The molecule has 0 aliphatic heterocycles. The van der Waals surface area contributed by atoms with Crippen molar-refractivity contribution in [3.63, 3.8) is 0 Å². The maximum absolute atomic E-state index is 12.1. The summed E-state index contributed by atoms with van der Waals surface area (Å²) in [5, 5.41) is 13.2. The second kappa shape index (κ2) is 5.99. The molecule has 1 heterocycles. The summed E-state index contributed by atoms with van der Waals surface area (Å²) in [5.74, 6) is -0.197. The van der Waals surface area contributed by atoms with Gasteiger partial charge in [-0.2, -0.15) is 0 Å². The Hall–Kier alpha value is -1.66. The normalized spacial score (nSPS) is 13.3. The summed E-state index contributed by atoms with van der Waals surface area (Å²) in [5.41, 5.74) is 7.02. The molecule has 0 saturated carbocycles. The predicted molar refractivity (Wildman–Crippen MR) is 86.4 cm³/mol. The van der Waals surface area contributed by atoms with Crippen molar-refractivity contribution >= 4 is 32.6 Å². The van der Waals surface area contributed by atoms with Crippen LogP contribution in [0.2, 0.25) is 0 Å². The zero-order valence-electron chi connectivity index (χ0n) is 12.5. The molecule has 1 atom stereocenters. The van der Waals surface area contributed by atoms with Gasteiger partial charge in [-0.05, 0) is 30.0 Å². The highest BCUT2D eigenvalue weighted by Gasteiger charge is 2.17. The second-order valence-corrected chi connectivity index (χ2v) is 7.43. The van der Waals surface area contributed by atoms with Gasteiger partial charge in [-0.25, -0.2) is 4.98 Å². The van der Waals surface area contributed by atoms with Gasteiger partial charge in [0.05, 0.1) is 16.3 Å². The van der Waals surface area contributed by atoms with Crippen LogP contribution in [0.5, 0.6) is 0 Å². The first-order valence-corrected chi connectivity index (χ1v) is 7.68. The minimum Gasteiger partial charge on any atom is -0.391 e. The maximum Gasteiger partial charge on any atom is 0.251 e. The van der Waals surface area contributed by atoms with E-state index in [1.165, 1.54) is 11.3 Å². The van der Waals surface area contributed by atoms with Crippen LogP contribution < -0.4 is 11.1 Å². The van der Waals surface area contributed by atoms with Crippen molar-refractivity contribution in [2.45, 2.75) is 33.3 Å². The third kappa shape index (κ3) is 4.41. The third-order valence-electron chi connectivity index (χ3n) is 3.01. The lowest BCUT2D eigenvalue weighted by atomic mass is 9.89. The van der Waals surface area contributed by atoms with Gasteiger partial charge in [0, 0.05) is 12.1 Å². The van der Waals surface area contributed by atoms with Crippen molar-refractivity contribution in [2.24, 2.45) is 5.41 Å². The molecular weight excluding hydrogens is 286 g/mol. The molecule has 1 aromatic heterocycles. The van der Waals surface area contributed by atoms with E-state index in [4.69, 9.17) is 5.73 Å². The summed E-state index contributed by atoms with van der Waals surface area (Å²) < 4.78 is 0.885. The highest BCUT2D eigenvalue weighted by molar-refractivity contribution is 7.22. The Bertz CT molecular complexity index is 646. The number of rotatable bonds is 4. The fourth-order valence-electron chi connectivity index (χ4n) is 2.18. The molecule has 1 amide bonds. The van der Waals surface area contributed by atoms with Crippen LogP contribution in [-0.4, -0.2) is 28.6 Å². The lowest BCUT2D eigenvalue weighted by Gasteiger charge is -2.22. The van der Waals surface area contributed by atoms with Crippen LogP contribution in [0.15, 0.2) is 18.2 Å². The number of nitrogens with one attached hydrogen (secondary N) is 1. The first-order chi connectivity index (χ1) is 9.74. The Kier molecular flexibility index (Phi) is 4.49. The highest BCUT2D eigenvalue weighted by Crippen LogP contribution is 2.24. The van der Waals surface area contributed by atoms with E-state index >= 15 is 0 Å². The molecule has 0 spiro atoms. The molecule has 2 rings (SSSR count). The molecule has 0 radical (unpaired) electrons. The van der Waals surface area contributed by atoms with E-state index in [2.05, 4.69) is 31.1 Å². The van der Waals surface area contributed by atoms with E-state index in [0.29, 0.717) is 17.1 Å². The van der Waals surface area contributed by atoms with Crippen molar-refractivity contribution < 1.29 is 9.90 Å². The lowest BCUT2D eigenvalue weighted by molar-refractivity contribution is 0.0869. The molecule has 0 bridgehead atoms. The van der Waals surface area contributed by atoms with Gasteiger partial charge in [-0.3, -0.25) is 4.79 Å². The van der Waals surface area contributed by atoms with Crippen LogP contribution in [-0.2, 0) is 0 Å². The molecule has 4 N–H and O–H groups in total. The molecule has 2 aromatic rings. The van der Waals surface area contributed by atoms with Crippen LogP contribution in [0.1, 0.15) is 37.6 Å². The standard InChI is InChI=1S/C15H21N3O2S/c1-15(2,3)7-10(19)8-17-13(20)9-4-5-11-12(6-9)21-14(16)18-11/h4-6,10,19H,7-8H2,1-3H3,(H2,16,18)(H,17,20). The monoisotopic (exact) mass is 307 g/mol. The summed E-state index contributed by atoms with van der Waals surface area (Å²) in [6.45, 7) is 6.42. The van der Waals surface area contributed by atoms with Gasteiger partial charge in [-0.1, -0.05) is 32.1 Å². The molecular formula is C15H21N3O2S. The van der Waals surface area contributed by atoms with Crippen LogP contribution in [0.4, 0.5) is 5.13 Å². The van der Waals surface area contributed by atoms with E-state index in [1.807, 2.05) is 0 Å². The first kappa shape index (κ1) is 15.7. The van der Waals surface area contributed by atoms with Crippen LogP contribution >= 0.6 is 11.3 Å². The van der Waals surface area contributed by atoms with Crippen molar-refractivity contribution in [3.05, 3.63) is 23.8 Å². The van der Waals surface area contributed by atoms with Crippen LogP contribution in [0.25, 0.3) is 10.2 Å². The Balaban J connectivity index is 1.98. The predicted octanol–water partition coefficient (Wildman–Crippen LogP) is 2.41. The number of thiazole rings is 1. The Morgan fingerprint density at radius 1 is 1.48 bits per heavy atom. The number of anilines is 1. The smallest absolute Gasteiger partial charge is 0.251 e. The van der Waals surface area contributed by atoms with E-state index in [-0.39, 0.29) is 17.9 Å². The fourth-order valence-corrected chi connectivity index (χ4v) is 2.95. The Labute approximate surface area is 128 Å². The average molecular weight is 307 g/mol. The summed E-state index contributed by atoms with van der Waals surface area (Å²) in [6.07, 6.45) is 0.0919. The van der Waals surface area contributed by atoms with E-state index in [9.17, 15) is 9.90 Å². The SMILES string of the molecule is CC(C)(C)CC(O)CNC(=O)c1ccc2nc(N)sc2c1. The zero-order valence-corrected chi connectivity index (χ0v) is 13.3. The zero-order chi connectivity index (χ0) is 15.6. The molecule has 0 aliphatic rings. The number of carbonyl (C=O) groups is 1. The van der Waals surface area contributed by atoms with E-state index in [1.54, 1.807) is 18.2 Å². The number of aliphatic hydroxyl groups is 1. The molecule has 0 saturated heterocycles. The van der Waals surface area contributed by atoms with Crippen molar-refractivity contribution in [1.82, 2.24) is 10.3 Å². The number of benzene rings is 1. The van der Waals surface area contributed by atoms with E-state index < -0.39 is 6.10 Å². The van der Waals surface area contributed by atoms with Crippen LogP contribution in [0, 0.1) is 5.41 Å². The highest BCUT2D eigenvalue weighted by atomic mass is 32.1. The number of nitrogen functional groups attached to an aromatic ring is 1. The molecule has 21 heavy (non-hydrogen) atoms.